The first-order valence-corrected chi connectivity index (χ1v) is 9.14. The molecule has 1 atom stereocenters. The van der Waals surface area contributed by atoms with E-state index in [-0.39, 0.29) is 18.1 Å². The summed E-state index contributed by atoms with van der Waals surface area (Å²) in [6.45, 7) is -0.0732. The number of halogens is 3. The lowest BCUT2D eigenvalue weighted by atomic mass is 10.0. The summed E-state index contributed by atoms with van der Waals surface area (Å²) in [7, 11) is 0. The molecule has 6 nitrogen and oxygen atoms in total. The van der Waals surface area contributed by atoms with E-state index < -0.39 is 24.7 Å². The van der Waals surface area contributed by atoms with Crippen LogP contribution in [0.5, 0.6) is 5.75 Å². The van der Waals surface area contributed by atoms with Gasteiger partial charge in [0.2, 0.25) is 11.8 Å². The smallest absolute Gasteiger partial charge is 0.422 e. The van der Waals surface area contributed by atoms with Crippen LogP contribution in [0.15, 0.2) is 54.7 Å². The van der Waals surface area contributed by atoms with Crippen molar-refractivity contribution in [3.8, 4) is 5.75 Å². The molecule has 3 N–H and O–H groups in total. The second kappa shape index (κ2) is 8.89. The van der Waals surface area contributed by atoms with Gasteiger partial charge in [0.05, 0.1) is 0 Å². The molecule has 2 aromatic carbocycles. The third kappa shape index (κ3) is 5.76. The van der Waals surface area contributed by atoms with Gasteiger partial charge in [-0.15, -0.1) is 0 Å². The quantitative estimate of drug-likeness (QED) is 0.545. The lowest BCUT2D eigenvalue weighted by Gasteiger charge is -2.18. The first-order chi connectivity index (χ1) is 14.2. The minimum Gasteiger partial charge on any atom is -0.484 e. The maximum atomic E-state index is 12.7. The Bertz CT molecular complexity index is 1030. The lowest BCUT2D eigenvalue weighted by molar-refractivity contribution is -0.153. The highest BCUT2D eigenvalue weighted by Gasteiger charge is 2.28. The number of rotatable bonds is 7. The molecule has 0 fully saturated rings. The van der Waals surface area contributed by atoms with Crippen molar-refractivity contribution in [2.24, 2.45) is 0 Å². The third-order valence-corrected chi connectivity index (χ3v) is 4.32. The highest BCUT2D eigenvalue weighted by Crippen LogP contribution is 2.22. The van der Waals surface area contributed by atoms with Gasteiger partial charge in [-0.05, 0) is 35.9 Å². The van der Waals surface area contributed by atoms with Gasteiger partial charge in [0.15, 0.2) is 6.61 Å². The number of amides is 2. The van der Waals surface area contributed by atoms with Crippen molar-refractivity contribution in [1.82, 2.24) is 10.3 Å². The van der Waals surface area contributed by atoms with Crippen LogP contribution in [0.1, 0.15) is 12.5 Å². The second-order valence-corrected chi connectivity index (χ2v) is 6.73. The van der Waals surface area contributed by atoms with Crippen molar-refractivity contribution < 1.29 is 27.5 Å². The number of aromatic amines is 1. The summed E-state index contributed by atoms with van der Waals surface area (Å²) in [6, 6.07) is 12.3. The molecule has 158 valence electrons. The number of hydrogen-bond donors (Lipinski definition) is 3. The summed E-state index contributed by atoms with van der Waals surface area (Å²) in [5.41, 5.74) is 2.16. The predicted octanol–water partition coefficient (Wildman–Crippen LogP) is 3.79. The number of benzene rings is 2. The molecule has 3 rings (SSSR count). The van der Waals surface area contributed by atoms with E-state index in [1.54, 1.807) is 6.20 Å². The Morgan fingerprint density at radius 1 is 1.10 bits per heavy atom. The van der Waals surface area contributed by atoms with Gasteiger partial charge in [-0.3, -0.25) is 9.59 Å². The van der Waals surface area contributed by atoms with Crippen LogP contribution in [0.2, 0.25) is 0 Å². The minimum atomic E-state index is -4.43. The zero-order valence-corrected chi connectivity index (χ0v) is 16.0. The van der Waals surface area contributed by atoms with E-state index in [0.29, 0.717) is 5.69 Å². The Balaban J connectivity index is 1.69. The molecule has 1 aromatic heterocycles. The van der Waals surface area contributed by atoms with Crippen molar-refractivity contribution >= 4 is 28.4 Å². The molecule has 3 aromatic rings. The van der Waals surface area contributed by atoms with Gasteiger partial charge in [0, 0.05) is 36.1 Å². The van der Waals surface area contributed by atoms with Crippen LogP contribution >= 0.6 is 0 Å². The maximum Gasteiger partial charge on any atom is 0.422 e. The monoisotopic (exact) mass is 419 g/mol. The molecule has 0 aliphatic heterocycles. The summed E-state index contributed by atoms with van der Waals surface area (Å²) in [5, 5.41) is 6.25. The van der Waals surface area contributed by atoms with Crippen LogP contribution in [-0.2, 0) is 16.0 Å². The van der Waals surface area contributed by atoms with Crippen molar-refractivity contribution in [2.45, 2.75) is 25.6 Å². The first-order valence-electron chi connectivity index (χ1n) is 9.14. The van der Waals surface area contributed by atoms with E-state index in [4.69, 9.17) is 0 Å². The summed E-state index contributed by atoms with van der Waals surface area (Å²) in [5.74, 6) is -0.771. The van der Waals surface area contributed by atoms with E-state index >= 15 is 0 Å². The average molecular weight is 419 g/mol. The van der Waals surface area contributed by atoms with E-state index in [1.807, 2.05) is 24.3 Å². The van der Waals surface area contributed by atoms with Gasteiger partial charge < -0.3 is 20.4 Å². The molecule has 0 bridgehead atoms. The molecular weight excluding hydrogens is 399 g/mol. The normalized spacial score (nSPS) is 12.4. The number of para-hydroxylation sites is 1. The molecule has 0 spiro atoms. The molecule has 0 saturated heterocycles. The number of anilines is 1. The van der Waals surface area contributed by atoms with Gasteiger partial charge in [-0.1, -0.05) is 18.2 Å². The molecular formula is C21H20F3N3O3. The van der Waals surface area contributed by atoms with Crippen LogP contribution in [0, 0.1) is 0 Å². The number of alkyl halides is 3. The summed E-state index contributed by atoms with van der Waals surface area (Å²) < 4.78 is 41.3. The Morgan fingerprint density at radius 2 is 1.80 bits per heavy atom. The van der Waals surface area contributed by atoms with E-state index in [2.05, 4.69) is 20.4 Å². The minimum absolute atomic E-state index is 0.0301. The van der Waals surface area contributed by atoms with Gasteiger partial charge in [-0.2, -0.15) is 13.2 Å². The highest BCUT2D eigenvalue weighted by atomic mass is 19.4. The third-order valence-electron chi connectivity index (χ3n) is 4.32. The predicted molar refractivity (Wildman–Crippen MR) is 106 cm³/mol. The Hall–Kier alpha value is -3.49. The summed E-state index contributed by atoms with van der Waals surface area (Å²) in [6.07, 6.45) is -2.37. The van der Waals surface area contributed by atoms with Gasteiger partial charge in [0.25, 0.3) is 0 Å². The molecule has 1 unspecified atom stereocenters. The number of ether oxygens (including phenoxy) is 1. The summed E-state index contributed by atoms with van der Waals surface area (Å²) >= 11 is 0. The number of fused-ring (bicyclic) bond motifs is 1. The Morgan fingerprint density at radius 3 is 2.47 bits per heavy atom. The van der Waals surface area contributed by atoms with Gasteiger partial charge >= 0.3 is 6.18 Å². The van der Waals surface area contributed by atoms with Gasteiger partial charge in [-0.25, -0.2) is 0 Å². The highest BCUT2D eigenvalue weighted by molar-refractivity contribution is 5.97. The average Bonchev–Trinajstić information content (AvgIpc) is 3.09. The van der Waals surface area contributed by atoms with E-state index in [1.165, 1.54) is 31.2 Å². The number of H-pyrrole nitrogens is 1. The van der Waals surface area contributed by atoms with Crippen LogP contribution in [0.25, 0.3) is 10.9 Å². The number of carbonyl (C=O) groups excluding carboxylic acids is 2. The van der Waals surface area contributed by atoms with E-state index in [9.17, 15) is 22.8 Å². The molecule has 30 heavy (non-hydrogen) atoms. The standard InChI is InChI=1S/C21H20F3N3O3/c1-13(28)26-19(10-14-11-25-18-5-3-2-4-17(14)18)20(29)27-15-6-8-16(9-7-15)30-12-21(22,23)24/h2-9,11,19,25H,10,12H2,1H3,(H,26,28)(H,27,29). The zero-order chi connectivity index (χ0) is 21.7. The molecule has 0 aliphatic carbocycles. The molecule has 0 aliphatic rings. The number of carbonyl (C=O) groups is 2. The Labute approximate surface area is 170 Å². The zero-order valence-electron chi connectivity index (χ0n) is 16.0. The van der Waals surface area contributed by atoms with Gasteiger partial charge in [0.1, 0.15) is 11.8 Å². The lowest BCUT2D eigenvalue weighted by Crippen LogP contribution is -2.44. The largest absolute Gasteiger partial charge is 0.484 e. The van der Waals surface area contributed by atoms with Crippen LogP contribution in [0.3, 0.4) is 0 Å². The number of aromatic nitrogens is 1. The Kier molecular flexibility index (Phi) is 6.29. The van der Waals surface area contributed by atoms with Crippen LogP contribution in [-0.4, -0.2) is 35.6 Å². The fourth-order valence-corrected chi connectivity index (χ4v) is 3.00. The molecule has 0 saturated carbocycles. The maximum absolute atomic E-state index is 12.7. The SMILES string of the molecule is CC(=O)NC(Cc1c[nH]c2ccccc12)C(=O)Nc1ccc(OCC(F)(F)F)cc1. The van der Waals surface area contributed by atoms with Crippen molar-refractivity contribution in [3.05, 3.63) is 60.3 Å². The van der Waals surface area contributed by atoms with Crippen molar-refractivity contribution in [3.63, 3.8) is 0 Å². The number of nitrogens with one attached hydrogen (secondary N) is 3. The first kappa shape index (κ1) is 21.2. The molecule has 2 amide bonds. The fourth-order valence-electron chi connectivity index (χ4n) is 3.00. The van der Waals surface area contributed by atoms with Crippen molar-refractivity contribution in [2.75, 3.05) is 11.9 Å². The number of hydrogen-bond acceptors (Lipinski definition) is 3. The van der Waals surface area contributed by atoms with Crippen LogP contribution in [0.4, 0.5) is 18.9 Å². The van der Waals surface area contributed by atoms with Crippen molar-refractivity contribution in [1.29, 1.82) is 0 Å². The molecule has 0 radical (unpaired) electrons. The topological polar surface area (TPSA) is 83.2 Å². The van der Waals surface area contributed by atoms with Crippen LogP contribution < -0.4 is 15.4 Å². The fraction of sp³-hybridized carbons (Fsp3) is 0.238. The van der Waals surface area contributed by atoms with E-state index in [0.717, 1.165) is 16.5 Å². The second-order valence-electron chi connectivity index (χ2n) is 6.73. The molecule has 1 heterocycles. The summed E-state index contributed by atoms with van der Waals surface area (Å²) in [4.78, 5) is 27.5. The molecule has 9 heteroatoms.